The number of aliphatic imine (C=N–C) groups is 1. The van der Waals surface area contributed by atoms with Gasteiger partial charge in [0.25, 0.3) is 0 Å². The van der Waals surface area contributed by atoms with Crippen LogP contribution in [0.1, 0.15) is 24.0 Å². The highest BCUT2D eigenvalue weighted by atomic mass is 19.1. The van der Waals surface area contributed by atoms with Crippen LogP contribution in [0.5, 0.6) is 17.2 Å². The van der Waals surface area contributed by atoms with Crippen molar-refractivity contribution in [2.75, 3.05) is 39.3 Å². The van der Waals surface area contributed by atoms with Crippen LogP contribution >= 0.6 is 0 Å². The van der Waals surface area contributed by atoms with Crippen molar-refractivity contribution in [1.82, 2.24) is 10.6 Å². The van der Waals surface area contributed by atoms with Crippen molar-refractivity contribution in [2.45, 2.75) is 32.4 Å². The van der Waals surface area contributed by atoms with Crippen LogP contribution in [0.3, 0.4) is 0 Å². The minimum Gasteiger partial charge on any atom is -0.502 e. The van der Waals surface area contributed by atoms with E-state index in [9.17, 15) is 9.50 Å². The van der Waals surface area contributed by atoms with Crippen LogP contribution in [0.15, 0.2) is 35.3 Å². The molecule has 31 heavy (non-hydrogen) atoms. The Morgan fingerprint density at radius 1 is 1.23 bits per heavy atom. The van der Waals surface area contributed by atoms with E-state index in [4.69, 9.17) is 9.47 Å². The van der Waals surface area contributed by atoms with Gasteiger partial charge in [-0.25, -0.2) is 4.39 Å². The largest absolute Gasteiger partial charge is 0.502 e. The van der Waals surface area contributed by atoms with E-state index in [0.29, 0.717) is 24.0 Å². The highest BCUT2D eigenvalue weighted by Gasteiger charge is 2.22. The number of anilines is 1. The van der Waals surface area contributed by atoms with Gasteiger partial charge >= 0.3 is 0 Å². The number of halogens is 1. The zero-order valence-electron chi connectivity index (χ0n) is 18.5. The van der Waals surface area contributed by atoms with Gasteiger partial charge in [0.1, 0.15) is 5.82 Å². The fraction of sp³-hybridized carbons (Fsp3) is 0.435. The molecule has 3 N–H and O–H groups in total. The standard InChI is InChI=1S/C23H31FN4O3/c1-15-10-17(24)7-8-19(15)28-9-5-6-18(14-28)27-23(25-2)26-13-16-11-20(30-3)22(29)21(12-16)31-4/h7-8,10-12,18,29H,5-6,9,13-14H2,1-4H3,(H2,25,26,27). The van der Waals surface area contributed by atoms with Gasteiger partial charge in [0.05, 0.1) is 14.2 Å². The summed E-state index contributed by atoms with van der Waals surface area (Å²) in [5, 5.41) is 16.9. The van der Waals surface area contributed by atoms with E-state index in [0.717, 1.165) is 42.7 Å². The third kappa shape index (κ3) is 5.51. The Bertz CT molecular complexity index is 910. The first-order chi connectivity index (χ1) is 14.9. The quantitative estimate of drug-likeness (QED) is 0.483. The molecule has 0 bridgehead atoms. The zero-order chi connectivity index (χ0) is 22.4. The number of aryl methyl sites for hydroxylation is 1. The molecule has 1 saturated heterocycles. The predicted molar refractivity (Wildman–Crippen MR) is 121 cm³/mol. The van der Waals surface area contributed by atoms with Gasteiger partial charge in [0, 0.05) is 38.4 Å². The first kappa shape index (κ1) is 22.5. The Labute approximate surface area is 182 Å². The van der Waals surface area contributed by atoms with Gasteiger partial charge in [-0.15, -0.1) is 0 Å². The van der Waals surface area contributed by atoms with E-state index in [1.54, 1.807) is 25.2 Å². The third-order valence-corrected chi connectivity index (χ3v) is 5.48. The van der Waals surface area contributed by atoms with Crippen LogP contribution in [-0.4, -0.2) is 51.5 Å². The fourth-order valence-electron chi connectivity index (χ4n) is 3.91. The molecule has 1 aliphatic rings. The molecule has 2 aromatic carbocycles. The normalized spacial score (nSPS) is 16.7. The monoisotopic (exact) mass is 430 g/mol. The van der Waals surface area contributed by atoms with E-state index in [2.05, 4.69) is 20.5 Å². The van der Waals surface area contributed by atoms with Gasteiger partial charge in [0.2, 0.25) is 5.75 Å². The van der Waals surface area contributed by atoms with Crippen molar-refractivity contribution < 1.29 is 19.0 Å². The second-order valence-corrected chi connectivity index (χ2v) is 7.64. The lowest BCUT2D eigenvalue weighted by molar-refractivity contribution is 0.339. The molecule has 1 aliphatic heterocycles. The molecule has 0 spiro atoms. The molecular formula is C23H31FN4O3. The molecule has 0 aromatic heterocycles. The summed E-state index contributed by atoms with van der Waals surface area (Å²) in [6.45, 7) is 4.19. The number of ether oxygens (including phenoxy) is 2. The lowest BCUT2D eigenvalue weighted by Gasteiger charge is -2.36. The molecule has 0 amide bonds. The van der Waals surface area contributed by atoms with Gasteiger partial charge < -0.3 is 30.1 Å². The van der Waals surface area contributed by atoms with E-state index < -0.39 is 0 Å². The van der Waals surface area contributed by atoms with Crippen molar-refractivity contribution in [3.8, 4) is 17.2 Å². The summed E-state index contributed by atoms with van der Waals surface area (Å²) in [7, 11) is 4.74. The second kappa shape index (κ2) is 10.2. The molecule has 0 aliphatic carbocycles. The lowest BCUT2D eigenvalue weighted by atomic mass is 10.0. The Balaban J connectivity index is 1.62. The first-order valence-corrected chi connectivity index (χ1v) is 10.4. The number of phenolic OH excluding ortho intramolecular Hbond substituents is 1. The molecular weight excluding hydrogens is 399 g/mol. The topological polar surface area (TPSA) is 78.4 Å². The third-order valence-electron chi connectivity index (χ3n) is 5.48. The number of methoxy groups -OCH3 is 2. The van der Waals surface area contributed by atoms with Crippen molar-refractivity contribution in [3.05, 3.63) is 47.3 Å². The number of guanidine groups is 1. The molecule has 3 rings (SSSR count). The Hall–Kier alpha value is -3.16. The summed E-state index contributed by atoms with van der Waals surface area (Å²) in [6, 6.07) is 8.68. The van der Waals surface area contributed by atoms with E-state index in [1.165, 1.54) is 20.3 Å². The highest BCUT2D eigenvalue weighted by molar-refractivity contribution is 5.80. The minimum atomic E-state index is -0.208. The maximum absolute atomic E-state index is 13.5. The Morgan fingerprint density at radius 2 is 1.94 bits per heavy atom. The molecule has 7 nitrogen and oxygen atoms in total. The van der Waals surface area contributed by atoms with Crippen LogP contribution in [0.2, 0.25) is 0 Å². The van der Waals surface area contributed by atoms with Crippen LogP contribution in [0.25, 0.3) is 0 Å². The summed E-state index contributed by atoms with van der Waals surface area (Å²) < 4.78 is 23.9. The van der Waals surface area contributed by atoms with Crippen molar-refractivity contribution in [3.63, 3.8) is 0 Å². The van der Waals surface area contributed by atoms with Gasteiger partial charge in [0.15, 0.2) is 17.5 Å². The number of nitrogens with zero attached hydrogens (tertiary/aromatic N) is 2. The number of nitrogens with one attached hydrogen (secondary N) is 2. The number of hydrogen-bond acceptors (Lipinski definition) is 5. The predicted octanol–water partition coefficient (Wildman–Crippen LogP) is 3.19. The average molecular weight is 431 g/mol. The molecule has 0 radical (unpaired) electrons. The van der Waals surface area contributed by atoms with Gasteiger partial charge in [-0.05, 0) is 61.2 Å². The summed E-state index contributed by atoms with van der Waals surface area (Å²) in [6.07, 6.45) is 2.07. The molecule has 8 heteroatoms. The summed E-state index contributed by atoms with van der Waals surface area (Å²) in [5.41, 5.74) is 2.90. The van der Waals surface area contributed by atoms with Crippen molar-refractivity contribution >= 4 is 11.6 Å². The van der Waals surface area contributed by atoms with Crippen LogP contribution in [0.4, 0.5) is 10.1 Å². The SMILES string of the molecule is CN=C(NCc1cc(OC)c(O)c(OC)c1)NC1CCCN(c2ccc(F)cc2C)C1. The average Bonchev–Trinajstić information content (AvgIpc) is 2.77. The van der Waals surface area contributed by atoms with Crippen LogP contribution in [-0.2, 0) is 6.54 Å². The number of phenols is 1. The number of hydrogen-bond donors (Lipinski definition) is 3. The van der Waals surface area contributed by atoms with Crippen LogP contribution in [0, 0.1) is 12.7 Å². The maximum atomic E-state index is 13.5. The lowest BCUT2D eigenvalue weighted by Crippen LogP contribution is -2.51. The van der Waals surface area contributed by atoms with E-state index in [1.807, 2.05) is 13.0 Å². The van der Waals surface area contributed by atoms with E-state index in [-0.39, 0.29) is 17.6 Å². The van der Waals surface area contributed by atoms with Crippen molar-refractivity contribution in [1.29, 1.82) is 0 Å². The summed E-state index contributed by atoms with van der Waals surface area (Å²) in [4.78, 5) is 6.63. The smallest absolute Gasteiger partial charge is 0.200 e. The number of aromatic hydroxyl groups is 1. The fourth-order valence-corrected chi connectivity index (χ4v) is 3.91. The number of piperidine rings is 1. The maximum Gasteiger partial charge on any atom is 0.200 e. The first-order valence-electron chi connectivity index (χ1n) is 10.4. The molecule has 1 heterocycles. The van der Waals surface area contributed by atoms with Crippen LogP contribution < -0.4 is 25.0 Å². The Kier molecular flexibility index (Phi) is 7.44. The van der Waals surface area contributed by atoms with Gasteiger partial charge in [-0.3, -0.25) is 4.99 Å². The number of rotatable bonds is 6. The molecule has 0 saturated carbocycles. The Morgan fingerprint density at radius 3 is 2.55 bits per heavy atom. The molecule has 168 valence electrons. The summed E-state index contributed by atoms with van der Waals surface area (Å²) >= 11 is 0. The van der Waals surface area contributed by atoms with E-state index >= 15 is 0 Å². The van der Waals surface area contributed by atoms with Crippen molar-refractivity contribution in [2.24, 2.45) is 4.99 Å². The molecule has 2 aromatic rings. The second-order valence-electron chi connectivity index (χ2n) is 7.64. The van der Waals surface area contributed by atoms with Gasteiger partial charge in [-0.1, -0.05) is 0 Å². The molecule has 1 unspecified atom stereocenters. The molecule has 1 atom stereocenters. The zero-order valence-corrected chi connectivity index (χ0v) is 18.5. The highest BCUT2D eigenvalue weighted by Crippen LogP contribution is 2.37. The molecule has 1 fully saturated rings. The number of benzene rings is 2. The minimum absolute atomic E-state index is 0.0189. The summed E-state index contributed by atoms with van der Waals surface area (Å²) in [5.74, 6) is 1.18. The van der Waals surface area contributed by atoms with Gasteiger partial charge in [-0.2, -0.15) is 0 Å².